The van der Waals surface area contributed by atoms with E-state index in [1.807, 2.05) is 41.5 Å². The third-order valence-corrected chi connectivity index (χ3v) is 3.30. The highest BCUT2D eigenvalue weighted by molar-refractivity contribution is 5.28. The maximum atomic E-state index is 5.37. The van der Waals surface area contributed by atoms with Crippen LogP contribution in [0.25, 0.3) is 0 Å². The summed E-state index contributed by atoms with van der Waals surface area (Å²) in [5, 5.41) is 0. The molecule has 0 amide bonds. The molecule has 0 unspecified atom stereocenters. The van der Waals surface area contributed by atoms with E-state index in [0.29, 0.717) is 13.2 Å². The van der Waals surface area contributed by atoms with Gasteiger partial charge in [0.1, 0.15) is 0 Å². The van der Waals surface area contributed by atoms with E-state index in [-0.39, 0.29) is 23.0 Å². The number of hydrogen-bond acceptors (Lipinski definition) is 4. The minimum atomic E-state index is -0.291. The molecule has 2 atom stereocenters. The fourth-order valence-corrected chi connectivity index (χ4v) is 1.99. The monoisotopic (exact) mass is 338 g/mol. The molecule has 1 aromatic carbocycles. The lowest BCUT2D eigenvalue weighted by atomic mass is 9.95. The molecule has 0 aliphatic heterocycles. The van der Waals surface area contributed by atoms with Crippen LogP contribution in [0.1, 0.15) is 78.4 Å². The predicted molar refractivity (Wildman–Crippen MR) is 96.9 cm³/mol. The smallest absolute Gasteiger partial charge is 0.0952 e. The molecule has 1 rings (SSSR count). The van der Waals surface area contributed by atoms with E-state index in [0.717, 1.165) is 0 Å². The Balaban J connectivity index is 2.55. The van der Waals surface area contributed by atoms with Crippen molar-refractivity contribution in [2.24, 2.45) is 0 Å². The molecule has 0 aliphatic rings. The van der Waals surface area contributed by atoms with Crippen LogP contribution in [0.15, 0.2) is 24.3 Å². The zero-order valence-corrected chi connectivity index (χ0v) is 16.5. The van der Waals surface area contributed by atoms with Crippen molar-refractivity contribution in [1.29, 1.82) is 0 Å². The van der Waals surface area contributed by atoms with Gasteiger partial charge in [-0.2, -0.15) is 0 Å². The number of benzene rings is 1. The van der Waals surface area contributed by atoms with Crippen molar-refractivity contribution in [2.75, 3.05) is 13.2 Å². The van der Waals surface area contributed by atoms with Gasteiger partial charge in [-0.1, -0.05) is 38.1 Å². The Labute approximate surface area is 147 Å². The minimum Gasteiger partial charge on any atom is -0.236 e. The Morgan fingerprint density at radius 2 is 1.12 bits per heavy atom. The van der Waals surface area contributed by atoms with Gasteiger partial charge >= 0.3 is 0 Å². The molecule has 24 heavy (non-hydrogen) atoms. The van der Waals surface area contributed by atoms with Crippen molar-refractivity contribution in [3.05, 3.63) is 35.4 Å². The first-order chi connectivity index (χ1) is 11.0. The summed E-state index contributed by atoms with van der Waals surface area (Å²) >= 11 is 0. The van der Waals surface area contributed by atoms with Gasteiger partial charge in [0.15, 0.2) is 0 Å². The van der Waals surface area contributed by atoms with E-state index in [4.69, 9.17) is 19.6 Å². The second-order valence-electron chi connectivity index (χ2n) is 8.43. The summed E-state index contributed by atoms with van der Waals surface area (Å²) in [4.78, 5) is 21.4. The Morgan fingerprint density at radius 3 is 1.46 bits per heavy atom. The van der Waals surface area contributed by atoms with Gasteiger partial charge in [-0.15, -0.1) is 0 Å². The minimum absolute atomic E-state index is 0.256. The molecule has 0 saturated heterocycles. The van der Waals surface area contributed by atoms with Gasteiger partial charge in [0.2, 0.25) is 0 Å². The van der Waals surface area contributed by atoms with Gasteiger partial charge < -0.3 is 0 Å². The van der Waals surface area contributed by atoms with Crippen molar-refractivity contribution in [2.45, 2.75) is 78.4 Å². The van der Waals surface area contributed by atoms with Gasteiger partial charge in [0.05, 0.1) is 24.4 Å². The van der Waals surface area contributed by atoms with Crippen LogP contribution in [-0.4, -0.2) is 24.4 Å². The maximum Gasteiger partial charge on any atom is 0.0952 e. The van der Waals surface area contributed by atoms with Gasteiger partial charge in [-0.3, -0.25) is 0 Å². The van der Waals surface area contributed by atoms with Crippen LogP contribution >= 0.6 is 0 Å². The molecule has 138 valence electrons. The van der Waals surface area contributed by atoms with Crippen LogP contribution in [-0.2, 0) is 19.6 Å². The average Bonchev–Trinajstić information content (AvgIpc) is 2.44. The summed E-state index contributed by atoms with van der Waals surface area (Å²) in [6.45, 7) is 17.2. The van der Waals surface area contributed by atoms with E-state index in [2.05, 4.69) is 38.1 Å². The van der Waals surface area contributed by atoms with Crippen molar-refractivity contribution in [3.63, 3.8) is 0 Å². The van der Waals surface area contributed by atoms with Crippen LogP contribution in [0.3, 0.4) is 0 Å². The molecule has 0 aliphatic carbocycles. The largest absolute Gasteiger partial charge is 0.236 e. The molecule has 0 saturated carbocycles. The van der Waals surface area contributed by atoms with Crippen LogP contribution in [0.4, 0.5) is 0 Å². The summed E-state index contributed by atoms with van der Waals surface area (Å²) in [6, 6.07) is 8.52. The predicted octanol–water partition coefficient (Wildman–Crippen LogP) is 5.39. The molecule has 0 spiro atoms. The first-order valence-corrected chi connectivity index (χ1v) is 8.69. The molecule has 4 nitrogen and oxygen atoms in total. The summed E-state index contributed by atoms with van der Waals surface area (Å²) < 4.78 is 0. The zero-order valence-electron chi connectivity index (χ0n) is 16.5. The lowest BCUT2D eigenvalue weighted by Crippen LogP contribution is -2.21. The summed E-state index contributed by atoms with van der Waals surface area (Å²) in [7, 11) is 0. The van der Waals surface area contributed by atoms with Crippen LogP contribution in [0, 0.1) is 0 Å². The Hall–Kier alpha value is -0.940. The molecular formula is C20H34O4. The quantitative estimate of drug-likeness (QED) is 0.470. The van der Waals surface area contributed by atoms with E-state index in [1.165, 1.54) is 11.1 Å². The molecule has 0 aromatic heterocycles. The van der Waals surface area contributed by atoms with E-state index < -0.39 is 0 Å². The normalized spacial score (nSPS) is 15.3. The lowest BCUT2D eigenvalue weighted by Gasteiger charge is -2.21. The molecule has 1 aromatic rings. The van der Waals surface area contributed by atoms with Gasteiger partial charge in [-0.05, 0) is 52.7 Å². The third kappa shape index (κ3) is 8.78. The van der Waals surface area contributed by atoms with E-state index >= 15 is 0 Å². The van der Waals surface area contributed by atoms with Crippen LogP contribution in [0.2, 0.25) is 0 Å². The zero-order chi connectivity index (χ0) is 18.4. The van der Waals surface area contributed by atoms with Gasteiger partial charge in [0.25, 0.3) is 0 Å². The van der Waals surface area contributed by atoms with Gasteiger partial charge in [-0.25, -0.2) is 19.6 Å². The number of rotatable bonds is 8. The SMILES string of the molecule is C[C@@H](COOC(C)(C)C)c1cccc([C@@H](C)COOC(C)(C)C)c1. The summed E-state index contributed by atoms with van der Waals surface area (Å²) in [6.07, 6.45) is 0. The number of hydrogen-bond donors (Lipinski definition) is 0. The van der Waals surface area contributed by atoms with Crippen molar-refractivity contribution < 1.29 is 19.6 Å². The Bertz CT molecular complexity index is 444. The Kier molecular flexibility index (Phi) is 7.87. The fourth-order valence-electron chi connectivity index (χ4n) is 1.99. The Morgan fingerprint density at radius 1 is 0.750 bits per heavy atom. The van der Waals surface area contributed by atoms with Gasteiger partial charge in [0, 0.05) is 11.8 Å². The first kappa shape index (κ1) is 21.1. The molecule has 0 heterocycles. The maximum absolute atomic E-state index is 5.37. The standard InChI is InChI=1S/C20H34O4/c1-15(13-21-23-19(3,4)5)17-10-9-11-18(12-17)16(2)14-22-24-20(6,7)8/h9-12,15-16H,13-14H2,1-8H3/t15-,16-/m0/s1. The average molecular weight is 338 g/mol. The second kappa shape index (κ2) is 8.95. The topological polar surface area (TPSA) is 36.9 Å². The summed E-state index contributed by atoms with van der Waals surface area (Å²) in [5.74, 6) is 0.512. The first-order valence-electron chi connectivity index (χ1n) is 8.69. The third-order valence-electron chi connectivity index (χ3n) is 3.30. The highest BCUT2D eigenvalue weighted by Gasteiger charge is 2.16. The molecular weight excluding hydrogens is 304 g/mol. The highest BCUT2D eigenvalue weighted by atomic mass is 17.2. The second-order valence-corrected chi connectivity index (χ2v) is 8.43. The summed E-state index contributed by atoms with van der Waals surface area (Å²) in [5.41, 5.74) is 1.88. The molecule has 4 heteroatoms. The van der Waals surface area contributed by atoms with E-state index in [1.54, 1.807) is 0 Å². The molecule has 0 N–H and O–H groups in total. The molecule has 0 bridgehead atoms. The molecule has 0 fully saturated rings. The fraction of sp³-hybridized carbons (Fsp3) is 0.700. The van der Waals surface area contributed by atoms with E-state index in [9.17, 15) is 0 Å². The van der Waals surface area contributed by atoms with Crippen molar-refractivity contribution >= 4 is 0 Å². The lowest BCUT2D eigenvalue weighted by molar-refractivity contribution is -0.350. The highest BCUT2D eigenvalue weighted by Crippen LogP contribution is 2.23. The molecule has 0 radical (unpaired) electrons. The van der Waals surface area contributed by atoms with Crippen molar-refractivity contribution in [3.8, 4) is 0 Å². The van der Waals surface area contributed by atoms with Crippen LogP contribution in [0.5, 0.6) is 0 Å². The van der Waals surface area contributed by atoms with Crippen molar-refractivity contribution in [1.82, 2.24) is 0 Å². The van der Waals surface area contributed by atoms with Crippen LogP contribution < -0.4 is 0 Å².